The van der Waals surface area contributed by atoms with E-state index < -0.39 is 0 Å². The van der Waals surface area contributed by atoms with Crippen molar-refractivity contribution in [1.82, 2.24) is 4.98 Å². The van der Waals surface area contributed by atoms with Gasteiger partial charge in [-0.2, -0.15) is 0 Å². The summed E-state index contributed by atoms with van der Waals surface area (Å²) in [5.74, 6) is 0. The summed E-state index contributed by atoms with van der Waals surface area (Å²) in [6.07, 6.45) is 7.73. The number of rotatable bonds is 4. The van der Waals surface area contributed by atoms with Crippen LogP contribution in [0.25, 0.3) is 55.4 Å². The van der Waals surface area contributed by atoms with Gasteiger partial charge in [0.2, 0.25) is 0 Å². The molecule has 0 spiro atoms. The van der Waals surface area contributed by atoms with E-state index in [-0.39, 0.29) is 0 Å². The smallest absolute Gasteiger partial charge is 0.0346 e. The molecule has 0 atom stereocenters. The Balaban J connectivity index is 1.79. The van der Waals surface area contributed by atoms with Crippen molar-refractivity contribution in [3.8, 4) is 22.3 Å². The molecule has 5 aromatic carbocycles. The number of hydrogen-bond acceptors (Lipinski definition) is 1. The molecule has 1 heterocycles. The second-order valence-electron chi connectivity index (χ2n) is 9.24. The number of benzene rings is 5. The zero-order valence-electron chi connectivity index (χ0n) is 20.9. The van der Waals surface area contributed by atoms with Gasteiger partial charge in [0.15, 0.2) is 0 Å². The third kappa shape index (κ3) is 3.95. The van der Waals surface area contributed by atoms with Crippen LogP contribution in [-0.2, 0) is 0 Å². The largest absolute Gasteiger partial charge is 0.264 e. The summed E-state index contributed by atoms with van der Waals surface area (Å²) >= 11 is 0. The maximum atomic E-state index is 4.37. The Morgan fingerprint density at radius 3 is 1.89 bits per heavy atom. The van der Waals surface area contributed by atoms with Crippen molar-refractivity contribution in [2.75, 3.05) is 0 Å². The summed E-state index contributed by atoms with van der Waals surface area (Å²) in [4.78, 5) is 4.37. The van der Waals surface area contributed by atoms with Gasteiger partial charge in [0, 0.05) is 18.0 Å². The predicted molar refractivity (Wildman–Crippen MR) is 159 cm³/mol. The molecule has 1 nitrogen and oxygen atoms in total. The second kappa shape index (κ2) is 9.72. The zero-order chi connectivity index (χ0) is 25.2. The van der Waals surface area contributed by atoms with Crippen LogP contribution in [0.15, 0.2) is 134 Å². The lowest BCUT2D eigenvalue weighted by atomic mass is 9.85. The van der Waals surface area contributed by atoms with Crippen LogP contribution in [0, 0.1) is 0 Å². The molecule has 0 aliphatic rings. The zero-order valence-corrected chi connectivity index (χ0v) is 20.9. The van der Waals surface area contributed by atoms with Gasteiger partial charge in [0.05, 0.1) is 0 Å². The Morgan fingerprint density at radius 2 is 1.27 bits per heavy atom. The van der Waals surface area contributed by atoms with E-state index in [2.05, 4.69) is 128 Å². The third-order valence-corrected chi connectivity index (χ3v) is 7.14. The molecule has 6 aromatic rings. The lowest BCUT2D eigenvalue weighted by Gasteiger charge is -2.18. The number of pyridine rings is 1. The van der Waals surface area contributed by atoms with E-state index in [4.69, 9.17) is 0 Å². The van der Waals surface area contributed by atoms with Crippen LogP contribution in [0.3, 0.4) is 0 Å². The summed E-state index contributed by atoms with van der Waals surface area (Å²) in [7, 11) is 0. The molecule has 176 valence electrons. The molecule has 0 bridgehead atoms. The third-order valence-electron chi connectivity index (χ3n) is 7.14. The molecule has 0 unspecified atom stereocenters. The van der Waals surface area contributed by atoms with Crippen LogP contribution in [0.1, 0.15) is 12.5 Å². The highest BCUT2D eigenvalue weighted by molar-refractivity contribution is 6.18. The molecular weight excluding hydrogens is 446 g/mol. The molecule has 37 heavy (non-hydrogen) atoms. The van der Waals surface area contributed by atoms with E-state index in [0.717, 1.165) is 16.3 Å². The molecule has 0 radical (unpaired) electrons. The first kappa shape index (κ1) is 22.7. The fourth-order valence-corrected chi connectivity index (χ4v) is 5.55. The van der Waals surface area contributed by atoms with E-state index in [1.54, 1.807) is 0 Å². The van der Waals surface area contributed by atoms with Crippen LogP contribution >= 0.6 is 0 Å². The van der Waals surface area contributed by atoms with E-state index >= 15 is 0 Å². The van der Waals surface area contributed by atoms with E-state index in [9.17, 15) is 0 Å². The molecule has 0 fully saturated rings. The molecule has 1 heteroatoms. The summed E-state index contributed by atoms with van der Waals surface area (Å²) < 4.78 is 0. The molecule has 1 aromatic heterocycles. The first-order valence-corrected chi connectivity index (χ1v) is 12.6. The topological polar surface area (TPSA) is 12.9 Å². The quantitative estimate of drug-likeness (QED) is 0.237. The Kier molecular flexibility index (Phi) is 5.96. The highest BCUT2D eigenvalue weighted by Gasteiger charge is 2.16. The minimum atomic E-state index is 1.10. The molecule has 0 amide bonds. The van der Waals surface area contributed by atoms with Crippen molar-refractivity contribution >= 4 is 33.2 Å². The van der Waals surface area contributed by atoms with E-state index in [1.807, 2.05) is 24.5 Å². The van der Waals surface area contributed by atoms with Gasteiger partial charge in [-0.1, -0.05) is 122 Å². The Labute approximate surface area is 217 Å². The molecule has 0 N–H and O–H groups in total. The van der Waals surface area contributed by atoms with Gasteiger partial charge in [-0.05, 0) is 72.8 Å². The molecular formula is C36H27N. The summed E-state index contributed by atoms with van der Waals surface area (Å²) in [5.41, 5.74) is 7.28. The van der Waals surface area contributed by atoms with Crippen molar-refractivity contribution < 1.29 is 0 Å². The minimum Gasteiger partial charge on any atom is -0.264 e. The molecule has 0 saturated heterocycles. The molecule has 0 saturated carbocycles. The molecule has 0 aliphatic heterocycles. The molecule has 0 aliphatic carbocycles. The maximum absolute atomic E-state index is 4.37. The van der Waals surface area contributed by atoms with Gasteiger partial charge >= 0.3 is 0 Å². The highest BCUT2D eigenvalue weighted by Crippen LogP contribution is 2.41. The van der Waals surface area contributed by atoms with Crippen LogP contribution in [0.4, 0.5) is 0 Å². The van der Waals surface area contributed by atoms with Gasteiger partial charge < -0.3 is 0 Å². The van der Waals surface area contributed by atoms with Crippen molar-refractivity contribution in [2.45, 2.75) is 6.92 Å². The number of aromatic nitrogens is 1. The van der Waals surface area contributed by atoms with Gasteiger partial charge in [-0.15, -0.1) is 0 Å². The fourth-order valence-electron chi connectivity index (χ4n) is 5.55. The summed E-state index contributed by atoms with van der Waals surface area (Å²) in [5, 5.41) is 7.40. The van der Waals surface area contributed by atoms with Gasteiger partial charge in [-0.25, -0.2) is 0 Å². The highest BCUT2D eigenvalue weighted by atomic mass is 14.6. The number of fused-ring (bicyclic) bond motifs is 2. The SMILES string of the molecule is C=C/C=c1/c(-c2cccnc2)ccc/c1=C(/C)c1c2ccccc2c(-c2ccccc2)c2ccccc12. The summed E-state index contributed by atoms with van der Waals surface area (Å²) in [6.45, 7) is 6.28. The van der Waals surface area contributed by atoms with E-state index in [1.165, 1.54) is 49.0 Å². The average Bonchev–Trinajstić information content (AvgIpc) is 2.96. The summed E-state index contributed by atoms with van der Waals surface area (Å²) in [6, 6.07) is 38.9. The van der Waals surface area contributed by atoms with Gasteiger partial charge in [0.1, 0.15) is 0 Å². The number of hydrogen-bond donors (Lipinski definition) is 0. The van der Waals surface area contributed by atoms with E-state index in [0.29, 0.717) is 0 Å². The van der Waals surface area contributed by atoms with Crippen LogP contribution in [-0.4, -0.2) is 4.98 Å². The van der Waals surface area contributed by atoms with Crippen LogP contribution in [0.2, 0.25) is 0 Å². The van der Waals surface area contributed by atoms with Crippen molar-refractivity contribution in [2.24, 2.45) is 0 Å². The van der Waals surface area contributed by atoms with Crippen LogP contribution < -0.4 is 10.4 Å². The first-order chi connectivity index (χ1) is 18.3. The maximum Gasteiger partial charge on any atom is 0.0346 e. The second-order valence-corrected chi connectivity index (χ2v) is 9.24. The Morgan fingerprint density at radius 1 is 0.649 bits per heavy atom. The first-order valence-electron chi connectivity index (χ1n) is 12.6. The minimum absolute atomic E-state index is 1.10. The van der Waals surface area contributed by atoms with Crippen molar-refractivity contribution in [3.63, 3.8) is 0 Å². The molecule has 6 rings (SSSR count). The lowest BCUT2D eigenvalue weighted by molar-refractivity contribution is 1.32. The average molecular weight is 474 g/mol. The fraction of sp³-hybridized carbons (Fsp3) is 0.0278. The number of allylic oxidation sites excluding steroid dienone is 1. The normalized spacial score (nSPS) is 12.6. The monoisotopic (exact) mass is 473 g/mol. The van der Waals surface area contributed by atoms with Gasteiger partial charge in [0.25, 0.3) is 0 Å². The lowest BCUT2D eigenvalue weighted by Crippen LogP contribution is -2.28. The number of nitrogens with zero attached hydrogens (tertiary/aromatic N) is 1. The Bertz CT molecular complexity index is 1820. The van der Waals surface area contributed by atoms with Gasteiger partial charge in [-0.3, -0.25) is 4.98 Å². The standard InChI is InChI=1S/C36H27N/c1-3-13-30-28(21-11-22-29(30)27-16-12-23-37-24-27)25(2)35-31-17-7-9-19-33(31)36(26-14-5-4-6-15-26)34-20-10-8-18-32(34)35/h3-24H,1H2,2H3/b28-25+,30-13+. The van der Waals surface area contributed by atoms with Crippen molar-refractivity contribution in [3.05, 3.63) is 150 Å². The van der Waals surface area contributed by atoms with Crippen molar-refractivity contribution in [1.29, 1.82) is 0 Å². The predicted octanol–water partition coefficient (Wildman–Crippen LogP) is 7.91. The van der Waals surface area contributed by atoms with Crippen LogP contribution in [0.5, 0.6) is 0 Å². The Hall–Kier alpha value is -4.75.